The molecule has 0 aliphatic carbocycles. The van der Waals surface area contributed by atoms with Gasteiger partial charge < -0.3 is 9.47 Å². The van der Waals surface area contributed by atoms with E-state index in [0.717, 1.165) is 29.1 Å². The molecule has 2 heterocycles. The Labute approximate surface area is 130 Å². The van der Waals surface area contributed by atoms with Crippen molar-refractivity contribution in [3.63, 3.8) is 0 Å². The monoisotopic (exact) mass is 305 g/mol. The topological polar surface area (TPSA) is 37.6 Å². The summed E-state index contributed by atoms with van der Waals surface area (Å²) in [5.74, 6) is 0. The standard InChI is InChI=1S/C16H23N3OS/c1-6-7-12-9-17-16(21-5)19(4)14(12)13-8-11(2)15(20)18(3)10-13/h8-10,14H,6-7H2,1-5H3. The fraction of sp³-hybridized carbons (Fsp3) is 0.500. The highest BCUT2D eigenvalue weighted by Crippen LogP contribution is 2.34. The number of amidine groups is 1. The van der Waals surface area contributed by atoms with E-state index in [1.807, 2.05) is 38.7 Å². The normalized spacial score (nSPS) is 18.5. The summed E-state index contributed by atoms with van der Waals surface area (Å²) < 4.78 is 1.67. The van der Waals surface area contributed by atoms with Crippen molar-refractivity contribution in [2.75, 3.05) is 13.3 Å². The van der Waals surface area contributed by atoms with Gasteiger partial charge in [0.2, 0.25) is 0 Å². The van der Waals surface area contributed by atoms with Crippen molar-refractivity contribution in [3.8, 4) is 0 Å². The van der Waals surface area contributed by atoms with E-state index in [-0.39, 0.29) is 11.6 Å². The van der Waals surface area contributed by atoms with E-state index in [1.54, 1.807) is 16.3 Å². The van der Waals surface area contributed by atoms with Crippen molar-refractivity contribution in [2.24, 2.45) is 12.0 Å². The van der Waals surface area contributed by atoms with Crippen LogP contribution in [0.2, 0.25) is 0 Å². The summed E-state index contributed by atoms with van der Waals surface area (Å²) in [4.78, 5) is 18.7. The molecule has 1 aromatic heterocycles. The lowest BCUT2D eigenvalue weighted by Crippen LogP contribution is -2.34. The number of hydrogen-bond donors (Lipinski definition) is 0. The van der Waals surface area contributed by atoms with Crippen molar-refractivity contribution < 1.29 is 0 Å². The third kappa shape index (κ3) is 3.07. The molecule has 0 saturated heterocycles. The maximum Gasteiger partial charge on any atom is 0.253 e. The number of hydrogen-bond acceptors (Lipinski definition) is 4. The van der Waals surface area contributed by atoms with Crippen molar-refractivity contribution in [1.82, 2.24) is 9.47 Å². The molecule has 1 atom stereocenters. The van der Waals surface area contributed by atoms with E-state index in [9.17, 15) is 4.79 Å². The Morgan fingerprint density at radius 3 is 2.67 bits per heavy atom. The lowest BCUT2D eigenvalue weighted by molar-refractivity contribution is 0.408. The van der Waals surface area contributed by atoms with Crippen LogP contribution in [0.15, 0.2) is 33.8 Å². The number of likely N-dealkylation sites (N-methyl/N-ethyl adjacent to an activating group) is 1. The summed E-state index contributed by atoms with van der Waals surface area (Å²) in [7, 11) is 3.89. The molecule has 0 spiro atoms. The maximum absolute atomic E-state index is 11.9. The zero-order valence-corrected chi connectivity index (χ0v) is 14.2. The van der Waals surface area contributed by atoms with Gasteiger partial charge in [-0.3, -0.25) is 4.79 Å². The first-order valence-electron chi connectivity index (χ1n) is 7.20. The van der Waals surface area contributed by atoms with Gasteiger partial charge in [0, 0.05) is 32.1 Å². The van der Waals surface area contributed by atoms with Gasteiger partial charge in [0.1, 0.15) is 0 Å². The Morgan fingerprint density at radius 2 is 2.10 bits per heavy atom. The molecule has 1 aliphatic rings. The van der Waals surface area contributed by atoms with Crippen molar-refractivity contribution in [2.45, 2.75) is 32.7 Å². The molecule has 114 valence electrons. The average molecular weight is 305 g/mol. The van der Waals surface area contributed by atoms with Crippen LogP contribution < -0.4 is 5.56 Å². The molecular formula is C16H23N3OS. The fourth-order valence-corrected chi connectivity index (χ4v) is 3.39. The van der Waals surface area contributed by atoms with Gasteiger partial charge in [0.05, 0.1) is 6.04 Å². The minimum absolute atomic E-state index is 0.0667. The molecule has 1 aromatic rings. The lowest BCUT2D eigenvalue weighted by atomic mass is 9.94. The summed E-state index contributed by atoms with van der Waals surface area (Å²) >= 11 is 1.65. The van der Waals surface area contributed by atoms with Crippen LogP contribution >= 0.6 is 11.8 Å². The number of aryl methyl sites for hydroxylation is 2. The third-order valence-corrected chi connectivity index (χ3v) is 4.56. The quantitative estimate of drug-likeness (QED) is 0.861. The van der Waals surface area contributed by atoms with E-state index >= 15 is 0 Å². The lowest BCUT2D eigenvalue weighted by Gasteiger charge is -2.35. The Kier molecular flexibility index (Phi) is 4.93. The smallest absolute Gasteiger partial charge is 0.253 e. The van der Waals surface area contributed by atoms with E-state index in [0.29, 0.717) is 0 Å². The molecule has 1 aliphatic heterocycles. The molecule has 0 fully saturated rings. The van der Waals surface area contributed by atoms with Gasteiger partial charge in [-0.2, -0.15) is 0 Å². The van der Waals surface area contributed by atoms with Crippen LogP contribution in [0.1, 0.15) is 36.9 Å². The molecule has 0 aromatic carbocycles. The van der Waals surface area contributed by atoms with Crippen molar-refractivity contribution in [3.05, 3.63) is 45.5 Å². The maximum atomic E-state index is 11.9. The van der Waals surface area contributed by atoms with Gasteiger partial charge in [-0.15, -0.1) is 0 Å². The molecule has 5 heteroatoms. The molecule has 0 amide bonds. The van der Waals surface area contributed by atoms with E-state index in [1.165, 1.54) is 5.57 Å². The zero-order valence-electron chi connectivity index (χ0n) is 13.4. The van der Waals surface area contributed by atoms with Gasteiger partial charge in [-0.25, -0.2) is 4.99 Å². The number of rotatable bonds is 3. The second kappa shape index (κ2) is 6.52. The summed E-state index contributed by atoms with van der Waals surface area (Å²) in [6.45, 7) is 4.05. The molecule has 2 rings (SSSR count). The average Bonchev–Trinajstić information content (AvgIpc) is 2.45. The number of aliphatic imine (C=N–C) groups is 1. The highest BCUT2D eigenvalue weighted by atomic mass is 32.2. The third-order valence-electron chi connectivity index (χ3n) is 3.80. The molecule has 0 radical (unpaired) electrons. The Morgan fingerprint density at radius 1 is 1.38 bits per heavy atom. The van der Waals surface area contributed by atoms with Crippen LogP contribution in [0.4, 0.5) is 0 Å². The predicted octanol–water partition coefficient (Wildman–Crippen LogP) is 3.08. The van der Waals surface area contributed by atoms with Gasteiger partial charge >= 0.3 is 0 Å². The minimum atomic E-state index is 0.0667. The largest absolute Gasteiger partial charge is 0.343 e. The SMILES string of the molecule is CCCC1=CN=C(SC)N(C)C1c1cc(C)c(=O)n(C)c1. The van der Waals surface area contributed by atoms with Gasteiger partial charge in [-0.1, -0.05) is 25.1 Å². The highest BCUT2D eigenvalue weighted by Gasteiger charge is 2.27. The summed E-state index contributed by atoms with van der Waals surface area (Å²) in [6.07, 6.45) is 8.09. The summed E-state index contributed by atoms with van der Waals surface area (Å²) in [6, 6.07) is 2.17. The molecule has 1 unspecified atom stereocenters. The number of aromatic nitrogens is 1. The minimum Gasteiger partial charge on any atom is -0.343 e. The molecular weight excluding hydrogens is 282 g/mol. The van der Waals surface area contributed by atoms with Crippen molar-refractivity contribution >= 4 is 16.9 Å². The second-order valence-electron chi connectivity index (χ2n) is 5.46. The van der Waals surface area contributed by atoms with Gasteiger partial charge in [-0.05, 0) is 36.8 Å². The van der Waals surface area contributed by atoms with Crippen LogP contribution in [-0.4, -0.2) is 27.9 Å². The Hall–Kier alpha value is -1.49. The number of pyridine rings is 1. The Balaban J connectivity index is 2.51. The van der Waals surface area contributed by atoms with E-state index < -0.39 is 0 Å². The van der Waals surface area contributed by atoms with Crippen molar-refractivity contribution in [1.29, 1.82) is 0 Å². The molecule has 0 N–H and O–H groups in total. The van der Waals surface area contributed by atoms with E-state index in [2.05, 4.69) is 23.9 Å². The summed E-state index contributed by atoms with van der Waals surface area (Å²) in [5.41, 5.74) is 3.30. The number of thioether (sulfide) groups is 1. The van der Waals surface area contributed by atoms with Crippen LogP contribution in [0.3, 0.4) is 0 Å². The van der Waals surface area contributed by atoms with Gasteiger partial charge in [0.25, 0.3) is 5.56 Å². The molecule has 0 saturated carbocycles. The first-order valence-corrected chi connectivity index (χ1v) is 8.42. The second-order valence-corrected chi connectivity index (χ2v) is 6.23. The predicted molar refractivity (Wildman–Crippen MR) is 90.9 cm³/mol. The molecule has 4 nitrogen and oxygen atoms in total. The number of nitrogens with zero attached hydrogens (tertiary/aromatic N) is 3. The van der Waals surface area contributed by atoms with Crippen LogP contribution in [-0.2, 0) is 7.05 Å². The fourth-order valence-electron chi connectivity index (χ4n) is 2.84. The summed E-state index contributed by atoms with van der Waals surface area (Å²) in [5, 5.41) is 1.01. The van der Waals surface area contributed by atoms with Crippen LogP contribution in [0.25, 0.3) is 0 Å². The first kappa shape index (κ1) is 15.9. The molecule has 0 bridgehead atoms. The van der Waals surface area contributed by atoms with Crippen LogP contribution in [0, 0.1) is 6.92 Å². The molecule has 21 heavy (non-hydrogen) atoms. The zero-order chi connectivity index (χ0) is 15.6. The van der Waals surface area contributed by atoms with Gasteiger partial charge in [0.15, 0.2) is 5.17 Å². The highest BCUT2D eigenvalue weighted by molar-refractivity contribution is 8.13. The van der Waals surface area contributed by atoms with E-state index in [4.69, 9.17) is 0 Å². The van der Waals surface area contributed by atoms with Crippen LogP contribution in [0.5, 0.6) is 0 Å². The first-order chi connectivity index (χ1) is 9.99. The Bertz CT molecular complexity index is 619.